The van der Waals surface area contributed by atoms with Crippen LogP contribution in [0.5, 0.6) is 0 Å². The van der Waals surface area contributed by atoms with Crippen molar-refractivity contribution in [1.29, 1.82) is 0 Å². The number of nitrogens with zero attached hydrogens (tertiary/aromatic N) is 2. The minimum absolute atomic E-state index is 0.0283. The van der Waals surface area contributed by atoms with E-state index in [1.54, 1.807) is 22.3 Å². The molecule has 3 heterocycles. The maximum absolute atomic E-state index is 12.2. The van der Waals surface area contributed by atoms with Crippen molar-refractivity contribution in [3.8, 4) is 0 Å². The molecular weight excluding hydrogens is 300 g/mol. The second kappa shape index (κ2) is 6.79. The highest BCUT2D eigenvalue weighted by Crippen LogP contribution is 2.14. The summed E-state index contributed by atoms with van der Waals surface area (Å²) in [5.74, 6) is 0.142. The first-order valence-electron chi connectivity index (χ1n) is 7.35. The van der Waals surface area contributed by atoms with Crippen molar-refractivity contribution in [2.24, 2.45) is 0 Å². The fraction of sp³-hybridized carbons (Fsp3) is 0.375. The fourth-order valence-corrected chi connectivity index (χ4v) is 3.28. The Morgan fingerprint density at radius 2 is 1.91 bits per heavy atom. The van der Waals surface area contributed by atoms with Crippen molar-refractivity contribution in [2.45, 2.75) is 12.8 Å². The lowest BCUT2D eigenvalue weighted by Gasteiger charge is -2.34. The van der Waals surface area contributed by atoms with E-state index in [0.29, 0.717) is 38.2 Å². The van der Waals surface area contributed by atoms with Crippen molar-refractivity contribution in [1.82, 2.24) is 9.80 Å². The number of carbonyl (C=O) groups excluding carboxylic acids is 2. The molecule has 2 aromatic rings. The Kier molecular flexibility index (Phi) is 4.58. The van der Waals surface area contributed by atoms with Crippen LogP contribution in [0, 0.1) is 0 Å². The average Bonchev–Trinajstić information content (AvgIpc) is 3.25. The van der Waals surface area contributed by atoms with Gasteiger partial charge in [-0.3, -0.25) is 9.59 Å². The number of aryl methyl sites for hydroxylation is 1. The SMILES string of the molecule is O=C(CCc1cccs1)N1CCN(C(=O)c2ccoc2)CC1. The zero-order valence-corrected chi connectivity index (χ0v) is 13.1. The Morgan fingerprint density at radius 1 is 1.14 bits per heavy atom. The number of rotatable bonds is 4. The predicted octanol–water partition coefficient (Wildman–Crippen LogP) is 2.26. The van der Waals surface area contributed by atoms with Crippen LogP contribution in [0.2, 0.25) is 0 Å². The second-order valence-corrected chi connectivity index (χ2v) is 6.30. The molecule has 0 radical (unpaired) electrons. The quantitative estimate of drug-likeness (QED) is 0.869. The molecule has 2 aromatic heterocycles. The van der Waals surface area contributed by atoms with Gasteiger partial charge in [0, 0.05) is 37.5 Å². The largest absolute Gasteiger partial charge is 0.472 e. The molecule has 0 unspecified atom stereocenters. The number of piperazine rings is 1. The van der Waals surface area contributed by atoms with Gasteiger partial charge < -0.3 is 14.2 Å². The van der Waals surface area contributed by atoms with Gasteiger partial charge in [-0.2, -0.15) is 0 Å². The first-order chi connectivity index (χ1) is 10.7. The Balaban J connectivity index is 1.47. The summed E-state index contributed by atoms with van der Waals surface area (Å²) in [6.45, 7) is 2.36. The summed E-state index contributed by atoms with van der Waals surface area (Å²) < 4.78 is 4.94. The van der Waals surface area contributed by atoms with Crippen molar-refractivity contribution in [2.75, 3.05) is 26.2 Å². The molecular formula is C16H18N2O3S. The Hall–Kier alpha value is -2.08. The monoisotopic (exact) mass is 318 g/mol. The average molecular weight is 318 g/mol. The highest BCUT2D eigenvalue weighted by molar-refractivity contribution is 7.09. The van der Waals surface area contributed by atoms with E-state index >= 15 is 0 Å². The van der Waals surface area contributed by atoms with Gasteiger partial charge in [-0.1, -0.05) is 6.07 Å². The van der Waals surface area contributed by atoms with Gasteiger partial charge in [0.15, 0.2) is 0 Å². The summed E-state index contributed by atoms with van der Waals surface area (Å²) in [4.78, 5) is 29.3. The van der Waals surface area contributed by atoms with Crippen LogP contribution < -0.4 is 0 Å². The van der Waals surface area contributed by atoms with E-state index in [-0.39, 0.29) is 11.8 Å². The number of hydrogen-bond acceptors (Lipinski definition) is 4. The zero-order chi connectivity index (χ0) is 15.4. The van der Waals surface area contributed by atoms with Crippen LogP contribution in [0.1, 0.15) is 21.7 Å². The summed E-state index contributed by atoms with van der Waals surface area (Å²) in [6, 6.07) is 5.73. The maximum atomic E-state index is 12.2. The third-order valence-electron chi connectivity index (χ3n) is 3.85. The van der Waals surface area contributed by atoms with Crippen molar-refractivity contribution in [3.63, 3.8) is 0 Å². The fourth-order valence-electron chi connectivity index (χ4n) is 2.57. The molecule has 6 heteroatoms. The Bertz CT molecular complexity index is 614. The standard InChI is InChI=1S/C16H18N2O3S/c19-15(4-3-14-2-1-11-22-14)17-6-8-18(9-7-17)16(20)13-5-10-21-12-13/h1-2,5,10-12H,3-4,6-9H2. The van der Waals surface area contributed by atoms with Gasteiger partial charge in [0.05, 0.1) is 11.8 Å². The highest BCUT2D eigenvalue weighted by Gasteiger charge is 2.25. The number of amides is 2. The lowest BCUT2D eigenvalue weighted by Crippen LogP contribution is -2.50. The molecule has 0 saturated carbocycles. The van der Waals surface area contributed by atoms with E-state index in [9.17, 15) is 9.59 Å². The molecule has 0 atom stereocenters. The molecule has 1 saturated heterocycles. The Labute approximate surface area is 133 Å². The molecule has 5 nitrogen and oxygen atoms in total. The summed E-state index contributed by atoms with van der Waals surface area (Å²) in [6.07, 6.45) is 4.29. The van der Waals surface area contributed by atoms with Crippen LogP contribution in [0.3, 0.4) is 0 Å². The van der Waals surface area contributed by atoms with Crippen molar-refractivity contribution < 1.29 is 14.0 Å². The van der Waals surface area contributed by atoms with E-state index in [1.165, 1.54) is 17.4 Å². The molecule has 22 heavy (non-hydrogen) atoms. The van der Waals surface area contributed by atoms with Crippen molar-refractivity contribution >= 4 is 23.2 Å². The van der Waals surface area contributed by atoms with Crippen molar-refractivity contribution in [3.05, 3.63) is 46.5 Å². The Morgan fingerprint density at radius 3 is 2.55 bits per heavy atom. The minimum atomic E-state index is -0.0283. The van der Waals surface area contributed by atoms with Crippen LogP contribution in [-0.2, 0) is 11.2 Å². The molecule has 1 fully saturated rings. The lowest BCUT2D eigenvalue weighted by atomic mass is 10.2. The third-order valence-corrected chi connectivity index (χ3v) is 4.79. The molecule has 1 aliphatic rings. The van der Waals surface area contributed by atoms with Crippen LogP contribution in [0.15, 0.2) is 40.5 Å². The summed E-state index contributed by atoms with van der Waals surface area (Å²) in [5.41, 5.74) is 0.567. The van der Waals surface area contributed by atoms with Crippen LogP contribution in [-0.4, -0.2) is 47.8 Å². The predicted molar refractivity (Wildman–Crippen MR) is 83.8 cm³/mol. The normalized spacial score (nSPS) is 15.1. The van der Waals surface area contributed by atoms with Crippen LogP contribution in [0.25, 0.3) is 0 Å². The first-order valence-corrected chi connectivity index (χ1v) is 8.23. The summed E-state index contributed by atoms with van der Waals surface area (Å²) in [5, 5.41) is 2.03. The van der Waals surface area contributed by atoms with Gasteiger partial charge in [-0.15, -0.1) is 11.3 Å². The number of thiophene rings is 1. The molecule has 1 aliphatic heterocycles. The van der Waals surface area contributed by atoms with E-state index in [0.717, 1.165) is 6.42 Å². The molecule has 0 bridgehead atoms. The number of carbonyl (C=O) groups is 2. The summed E-state index contributed by atoms with van der Waals surface area (Å²) in [7, 11) is 0. The maximum Gasteiger partial charge on any atom is 0.257 e. The van der Waals surface area contributed by atoms with Gasteiger partial charge in [0.2, 0.25) is 5.91 Å². The smallest absolute Gasteiger partial charge is 0.257 e. The molecule has 2 amide bonds. The molecule has 0 N–H and O–H groups in total. The number of furan rings is 1. The van der Waals surface area contributed by atoms with Gasteiger partial charge in [0.25, 0.3) is 5.91 Å². The van der Waals surface area contributed by atoms with E-state index < -0.39 is 0 Å². The molecule has 0 spiro atoms. The first kappa shape index (κ1) is 14.8. The van der Waals surface area contributed by atoms with Crippen LogP contribution in [0.4, 0.5) is 0 Å². The van der Waals surface area contributed by atoms with E-state index in [2.05, 4.69) is 6.07 Å². The van der Waals surface area contributed by atoms with Gasteiger partial charge in [-0.25, -0.2) is 0 Å². The highest BCUT2D eigenvalue weighted by atomic mass is 32.1. The zero-order valence-electron chi connectivity index (χ0n) is 12.2. The van der Waals surface area contributed by atoms with Crippen LogP contribution >= 0.6 is 11.3 Å². The van der Waals surface area contributed by atoms with Gasteiger partial charge in [0.1, 0.15) is 6.26 Å². The molecule has 3 rings (SSSR count). The van der Waals surface area contributed by atoms with Gasteiger partial charge in [-0.05, 0) is 23.9 Å². The van der Waals surface area contributed by atoms with E-state index in [1.807, 2.05) is 16.3 Å². The molecule has 0 aliphatic carbocycles. The third kappa shape index (κ3) is 3.39. The lowest BCUT2D eigenvalue weighted by molar-refractivity contribution is -0.132. The molecule has 0 aromatic carbocycles. The second-order valence-electron chi connectivity index (χ2n) is 5.26. The minimum Gasteiger partial charge on any atom is -0.472 e. The topological polar surface area (TPSA) is 53.8 Å². The van der Waals surface area contributed by atoms with E-state index in [4.69, 9.17) is 4.42 Å². The number of hydrogen-bond donors (Lipinski definition) is 0. The summed E-state index contributed by atoms with van der Waals surface area (Å²) >= 11 is 1.68. The van der Waals surface area contributed by atoms with Gasteiger partial charge >= 0.3 is 0 Å². The molecule has 116 valence electrons.